The molecule has 1 N–H and O–H groups in total. The first-order valence-corrected chi connectivity index (χ1v) is 11.2. The lowest BCUT2D eigenvalue weighted by Gasteiger charge is -2.44. The Morgan fingerprint density at radius 2 is 1.69 bits per heavy atom. The van der Waals surface area contributed by atoms with Gasteiger partial charge in [-0.1, -0.05) is 0 Å². The molecule has 6 rings (SSSR count). The second kappa shape index (κ2) is 6.65. The summed E-state index contributed by atoms with van der Waals surface area (Å²) in [5.74, 6) is 2.67. The number of hydrogen-bond acceptors (Lipinski definition) is 6. The highest BCUT2D eigenvalue weighted by Crippen LogP contribution is 2.47. The van der Waals surface area contributed by atoms with Gasteiger partial charge < -0.3 is 19.1 Å². The van der Waals surface area contributed by atoms with Crippen LogP contribution in [0.4, 0.5) is 5.82 Å². The van der Waals surface area contributed by atoms with Crippen LogP contribution < -0.4 is 4.90 Å². The molecule has 4 aromatic heterocycles. The topological polar surface area (TPSA) is 89.3 Å². The Morgan fingerprint density at radius 3 is 2.31 bits per heavy atom. The molecule has 0 aliphatic carbocycles. The number of nitrogens with zero attached hydrogens (tertiary/aromatic N) is 8. The second-order valence-corrected chi connectivity index (χ2v) is 9.40. The number of aromatic nitrogens is 7. The molecular formula is C23H28N8O. The van der Waals surface area contributed by atoms with Crippen molar-refractivity contribution in [1.82, 2.24) is 33.7 Å². The maximum atomic E-state index is 11.6. The molecule has 2 aliphatic heterocycles. The third-order valence-corrected chi connectivity index (χ3v) is 7.35. The van der Waals surface area contributed by atoms with Crippen LogP contribution in [0.2, 0.25) is 0 Å². The number of anilines is 1. The van der Waals surface area contributed by atoms with Gasteiger partial charge in [0, 0.05) is 81.1 Å². The maximum Gasteiger partial charge on any atom is 0.160 e. The standard InChI is InChI=1S/C23H28N8O/c1-14-15(2)26-19-11-18(20-24-7-9-28(20)3)27-31(19)21(14)30-16-5-6-17(30)13-23(32,12-16)22-25-8-10-29(22)4/h7-11,16-17,32H,5-6,12-13H2,1-4H3/t16-,17-/m1/s1. The van der Waals surface area contributed by atoms with E-state index >= 15 is 0 Å². The first kappa shape index (κ1) is 19.5. The maximum absolute atomic E-state index is 11.6. The minimum atomic E-state index is -0.905. The average Bonchev–Trinajstić information content (AvgIpc) is 3.51. The Bertz CT molecular complexity index is 1320. The molecule has 0 unspecified atom stereocenters. The summed E-state index contributed by atoms with van der Waals surface area (Å²) in [6, 6.07) is 2.45. The zero-order valence-electron chi connectivity index (χ0n) is 18.9. The van der Waals surface area contributed by atoms with Crippen molar-refractivity contribution < 1.29 is 5.11 Å². The van der Waals surface area contributed by atoms with Crippen LogP contribution in [-0.2, 0) is 19.7 Å². The van der Waals surface area contributed by atoms with Crippen molar-refractivity contribution >= 4 is 11.5 Å². The fourth-order valence-electron chi connectivity index (χ4n) is 5.78. The van der Waals surface area contributed by atoms with Crippen molar-refractivity contribution in [2.75, 3.05) is 4.90 Å². The smallest absolute Gasteiger partial charge is 0.160 e. The van der Waals surface area contributed by atoms with Crippen molar-refractivity contribution in [3.8, 4) is 11.5 Å². The molecule has 2 atom stereocenters. The Balaban J connectivity index is 1.46. The molecule has 32 heavy (non-hydrogen) atoms. The quantitative estimate of drug-likeness (QED) is 0.535. The molecule has 166 valence electrons. The third-order valence-electron chi connectivity index (χ3n) is 7.35. The van der Waals surface area contributed by atoms with Crippen molar-refractivity contribution in [1.29, 1.82) is 0 Å². The van der Waals surface area contributed by atoms with E-state index in [0.29, 0.717) is 12.8 Å². The van der Waals surface area contributed by atoms with Crippen LogP contribution in [0.3, 0.4) is 0 Å². The number of aryl methyl sites for hydroxylation is 3. The van der Waals surface area contributed by atoms with Gasteiger partial charge in [0.1, 0.15) is 22.9 Å². The van der Waals surface area contributed by atoms with E-state index in [1.807, 2.05) is 46.2 Å². The van der Waals surface area contributed by atoms with Crippen molar-refractivity contribution in [3.63, 3.8) is 0 Å². The van der Waals surface area contributed by atoms with E-state index in [0.717, 1.165) is 52.9 Å². The monoisotopic (exact) mass is 432 g/mol. The molecule has 2 saturated heterocycles. The fourth-order valence-corrected chi connectivity index (χ4v) is 5.78. The van der Waals surface area contributed by atoms with E-state index in [4.69, 9.17) is 10.1 Å². The van der Waals surface area contributed by atoms with Gasteiger partial charge in [-0.3, -0.25) is 0 Å². The first-order chi connectivity index (χ1) is 15.4. The molecule has 9 heteroatoms. The highest BCUT2D eigenvalue weighted by molar-refractivity contribution is 5.64. The highest BCUT2D eigenvalue weighted by atomic mass is 16.3. The van der Waals surface area contributed by atoms with Gasteiger partial charge in [0.25, 0.3) is 0 Å². The lowest BCUT2D eigenvalue weighted by molar-refractivity contribution is -0.0137. The largest absolute Gasteiger partial charge is 0.382 e. The van der Waals surface area contributed by atoms with Gasteiger partial charge >= 0.3 is 0 Å². The van der Waals surface area contributed by atoms with Crippen LogP contribution in [0.15, 0.2) is 30.9 Å². The molecule has 2 bridgehead atoms. The third kappa shape index (κ3) is 2.67. The highest BCUT2D eigenvalue weighted by Gasteiger charge is 2.51. The molecule has 0 radical (unpaired) electrons. The summed E-state index contributed by atoms with van der Waals surface area (Å²) in [6.07, 6.45) is 10.8. The Hall–Kier alpha value is -3.20. The van der Waals surface area contributed by atoms with Gasteiger partial charge in [0.2, 0.25) is 0 Å². The summed E-state index contributed by atoms with van der Waals surface area (Å²) >= 11 is 0. The second-order valence-electron chi connectivity index (χ2n) is 9.40. The Labute approximate surface area is 186 Å². The van der Waals surface area contributed by atoms with Crippen LogP contribution >= 0.6 is 0 Å². The molecule has 9 nitrogen and oxygen atoms in total. The van der Waals surface area contributed by atoms with E-state index in [1.165, 1.54) is 0 Å². The van der Waals surface area contributed by atoms with E-state index < -0.39 is 5.60 Å². The number of fused-ring (bicyclic) bond motifs is 3. The fraction of sp³-hybridized carbons (Fsp3) is 0.478. The van der Waals surface area contributed by atoms with E-state index in [-0.39, 0.29) is 12.1 Å². The zero-order valence-corrected chi connectivity index (χ0v) is 18.9. The van der Waals surface area contributed by atoms with Crippen LogP contribution in [0.5, 0.6) is 0 Å². The number of aliphatic hydroxyl groups is 1. The van der Waals surface area contributed by atoms with Gasteiger partial charge in [-0.2, -0.15) is 9.61 Å². The van der Waals surface area contributed by atoms with E-state index in [2.05, 4.69) is 28.7 Å². The molecular weight excluding hydrogens is 404 g/mol. The predicted molar refractivity (Wildman–Crippen MR) is 120 cm³/mol. The minimum Gasteiger partial charge on any atom is -0.382 e. The van der Waals surface area contributed by atoms with Crippen molar-refractivity contribution in [2.45, 2.75) is 57.2 Å². The van der Waals surface area contributed by atoms with Crippen molar-refractivity contribution in [2.24, 2.45) is 14.1 Å². The summed E-state index contributed by atoms with van der Waals surface area (Å²) in [5, 5.41) is 16.5. The number of rotatable bonds is 3. The van der Waals surface area contributed by atoms with Crippen molar-refractivity contribution in [3.05, 3.63) is 47.9 Å². The average molecular weight is 433 g/mol. The van der Waals surface area contributed by atoms with Crippen LogP contribution in [0.1, 0.15) is 42.8 Å². The summed E-state index contributed by atoms with van der Waals surface area (Å²) in [6.45, 7) is 4.18. The molecule has 0 aromatic carbocycles. The van der Waals surface area contributed by atoms with Crippen LogP contribution in [0, 0.1) is 13.8 Å². The molecule has 4 aromatic rings. The lowest BCUT2D eigenvalue weighted by Crippen LogP contribution is -2.51. The summed E-state index contributed by atoms with van der Waals surface area (Å²) in [5.41, 5.74) is 2.86. The lowest BCUT2D eigenvalue weighted by atomic mass is 9.85. The first-order valence-electron chi connectivity index (χ1n) is 11.2. The molecule has 2 aliphatic rings. The molecule has 0 spiro atoms. The van der Waals surface area contributed by atoms with Gasteiger partial charge in [-0.15, -0.1) is 0 Å². The summed E-state index contributed by atoms with van der Waals surface area (Å²) < 4.78 is 5.89. The summed E-state index contributed by atoms with van der Waals surface area (Å²) in [7, 11) is 3.93. The van der Waals surface area contributed by atoms with Gasteiger partial charge in [-0.05, 0) is 26.7 Å². The summed E-state index contributed by atoms with van der Waals surface area (Å²) in [4.78, 5) is 16.3. The Kier molecular flexibility index (Phi) is 4.05. The van der Waals surface area contributed by atoms with E-state index in [1.54, 1.807) is 12.4 Å². The normalized spacial score (nSPS) is 25.2. The number of imidazole rings is 2. The molecule has 2 fully saturated rings. The SMILES string of the molecule is Cc1nc2cc(-c3nccn3C)nn2c(N2[C@@H]3CC[C@@H]2CC(O)(c2nccn2C)C3)c1C. The number of piperidine rings is 1. The minimum absolute atomic E-state index is 0.222. The molecule has 6 heterocycles. The van der Waals surface area contributed by atoms with Gasteiger partial charge in [0.05, 0.1) is 0 Å². The zero-order chi connectivity index (χ0) is 22.2. The Morgan fingerprint density at radius 1 is 1.00 bits per heavy atom. The number of hydrogen-bond donors (Lipinski definition) is 1. The van der Waals surface area contributed by atoms with Crippen LogP contribution in [-0.4, -0.2) is 50.9 Å². The predicted octanol–water partition coefficient (Wildman–Crippen LogP) is 2.50. The van der Waals surface area contributed by atoms with E-state index in [9.17, 15) is 5.11 Å². The van der Waals surface area contributed by atoms with Crippen LogP contribution in [0.25, 0.3) is 17.2 Å². The molecule has 0 saturated carbocycles. The van der Waals surface area contributed by atoms with Gasteiger partial charge in [-0.25, -0.2) is 15.0 Å². The molecule has 0 amide bonds. The van der Waals surface area contributed by atoms with Gasteiger partial charge in [0.15, 0.2) is 11.5 Å².